The van der Waals surface area contributed by atoms with Crippen LogP contribution < -0.4 is 10.7 Å². The molecule has 0 atom stereocenters. The highest BCUT2D eigenvalue weighted by atomic mass is 35.5. The van der Waals surface area contributed by atoms with Crippen LogP contribution in [0.3, 0.4) is 0 Å². The molecule has 144 valence electrons. The van der Waals surface area contributed by atoms with Crippen LogP contribution >= 0.6 is 11.6 Å². The first-order chi connectivity index (χ1) is 14.1. The maximum Gasteiger partial charge on any atom is 0.271 e. The molecule has 29 heavy (non-hydrogen) atoms. The van der Waals surface area contributed by atoms with E-state index in [1.807, 2.05) is 36.4 Å². The third kappa shape index (κ3) is 6.16. The number of rotatable bonds is 6. The number of nitrogens with zero attached hydrogens (tertiary/aromatic N) is 1. The number of carbonyl (C=O) groups is 2. The molecule has 6 heteroatoms. The van der Waals surface area contributed by atoms with Crippen LogP contribution in [0.15, 0.2) is 90.0 Å². The molecule has 0 fully saturated rings. The van der Waals surface area contributed by atoms with E-state index in [-0.39, 0.29) is 11.8 Å². The fourth-order valence-corrected chi connectivity index (χ4v) is 2.56. The second-order valence-electron chi connectivity index (χ2n) is 6.03. The highest BCUT2D eigenvalue weighted by Gasteiger charge is 2.07. The quantitative estimate of drug-likeness (QED) is 0.448. The molecular formula is C23H18ClN3O2. The zero-order valence-corrected chi connectivity index (χ0v) is 16.1. The lowest BCUT2D eigenvalue weighted by Gasteiger charge is -2.06. The van der Waals surface area contributed by atoms with Gasteiger partial charge in [0.15, 0.2) is 0 Å². The molecule has 3 aromatic rings. The van der Waals surface area contributed by atoms with Gasteiger partial charge in [0.25, 0.3) is 11.8 Å². The highest BCUT2D eigenvalue weighted by molar-refractivity contribution is 6.30. The van der Waals surface area contributed by atoms with E-state index in [1.54, 1.807) is 54.6 Å². The molecule has 2 amide bonds. The molecule has 0 aliphatic carbocycles. The summed E-state index contributed by atoms with van der Waals surface area (Å²) in [7, 11) is 0. The Labute approximate surface area is 173 Å². The van der Waals surface area contributed by atoms with Crippen molar-refractivity contribution in [3.8, 4) is 0 Å². The first-order valence-electron chi connectivity index (χ1n) is 8.84. The van der Waals surface area contributed by atoms with Crippen LogP contribution in [-0.2, 0) is 0 Å². The summed E-state index contributed by atoms with van der Waals surface area (Å²) in [4.78, 5) is 24.3. The van der Waals surface area contributed by atoms with Crippen LogP contribution in [-0.4, -0.2) is 18.0 Å². The molecule has 3 aromatic carbocycles. The Hall–Kier alpha value is -3.70. The van der Waals surface area contributed by atoms with Gasteiger partial charge in [-0.3, -0.25) is 9.59 Å². The second-order valence-corrected chi connectivity index (χ2v) is 6.46. The van der Waals surface area contributed by atoms with Crippen molar-refractivity contribution in [2.45, 2.75) is 0 Å². The summed E-state index contributed by atoms with van der Waals surface area (Å²) in [5.74, 6) is -0.599. The highest BCUT2D eigenvalue weighted by Crippen LogP contribution is 2.14. The number of hydrogen-bond acceptors (Lipinski definition) is 3. The molecule has 0 radical (unpaired) electrons. The Morgan fingerprint density at radius 2 is 1.41 bits per heavy atom. The van der Waals surface area contributed by atoms with Crippen LogP contribution in [0.25, 0.3) is 6.08 Å². The van der Waals surface area contributed by atoms with Crippen molar-refractivity contribution in [1.82, 2.24) is 5.43 Å². The number of anilines is 1. The minimum Gasteiger partial charge on any atom is -0.322 e. The predicted molar refractivity (Wildman–Crippen MR) is 117 cm³/mol. The Balaban J connectivity index is 1.52. The molecule has 0 saturated carbocycles. The number of nitrogens with one attached hydrogen (secondary N) is 2. The minimum atomic E-state index is -0.343. The van der Waals surface area contributed by atoms with E-state index >= 15 is 0 Å². The fraction of sp³-hybridized carbons (Fsp3) is 0. The maximum absolute atomic E-state index is 12.2. The van der Waals surface area contributed by atoms with E-state index in [4.69, 9.17) is 11.6 Å². The van der Waals surface area contributed by atoms with Gasteiger partial charge in [-0.05, 0) is 60.2 Å². The smallest absolute Gasteiger partial charge is 0.271 e. The van der Waals surface area contributed by atoms with E-state index in [0.29, 0.717) is 21.8 Å². The SMILES string of the molecule is O=C(N/N=C/C=C/c1ccccc1)c1ccc(NC(=O)c2ccc(Cl)cc2)cc1. The van der Waals surface area contributed by atoms with Gasteiger partial charge in [-0.1, -0.05) is 48.0 Å². The number of halogens is 1. The number of allylic oxidation sites excluding steroid dienone is 1. The Morgan fingerprint density at radius 3 is 2.10 bits per heavy atom. The van der Waals surface area contributed by atoms with E-state index in [2.05, 4.69) is 15.8 Å². The summed E-state index contributed by atoms with van der Waals surface area (Å²) in [5.41, 5.74) is 5.00. The Morgan fingerprint density at radius 1 is 0.793 bits per heavy atom. The molecular weight excluding hydrogens is 386 g/mol. The molecule has 0 aliphatic rings. The molecule has 0 heterocycles. The molecule has 0 bridgehead atoms. The Kier molecular flexibility index (Phi) is 6.92. The van der Waals surface area contributed by atoms with Gasteiger partial charge >= 0.3 is 0 Å². The van der Waals surface area contributed by atoms with Crippen LogP contribution in [0.2, 0.25) is 5.02 Å². The van der Waals surface area contributed by atoms with Gasteiger partial charge in [-0.15, -0.1) is 0 Å². The van der Waals surface area contributed by atoms with Crippen molar-refractivity contribution in [2.75, 3.05) is 5.32 Å². The summed E-state index contributed by atoms with van der Waals surface area (Å²) in [6.45, 7) is 0. The first kappa shape index (κ1) is 20.0. The van der Waals surface area contributed by atoms with Crippen molar-refractivity contribution in [3.05, 3.63) is 107 Å². The number of hydrogen-bond donors (Lipinski definition) is 2. The van der Waals surface area contributed by atoms with Crippen LogP contribution in [0.4, 0.5) is 5.69 Å². The molecule has 2 N–H and O–H groups in total. The minimum absolute atomic E-state index is 0.256. The lowest BCUT2D eigenvalue weighted by atomic mass is 10.1. The van der Waals surface area contributed by atoms with Crippen molar-refractivity contribution in [2.24, 2.45) is 5.10 Å². The molecule has 0 aromatic heterocycles. The molecule has 0 spiro atoms. The van der Waals surface area contributed by atoms with Gasteiger partial charge in [0.1, 0.15) is 0 Å². The van der Waals surface area contributed by atoms with Gasteiger partial charge in [0.2, 0.25) is 0 Å². The second kappa shape index (κ2) is 10.0. The van der Waals surface area contributed by atoms with E-state index in [1.165, 1.54) is 6.21 Å². The van der Waals surface area contributed by atoms with E-state index < -0.39 is 0 Å². The van der Waals surface area contributed by atoms with Crippen molar-refractivity contribution in [1.29, 1.82) is 0 Å². The van der Waals surface area contributed by atoms with Crippen LogP contribution in [0.1, 0.15) is 26.3 Å². The van der Waals surface area contributed by atoms with Gasteiger partial charge in [-0.25, -0.2) is 5.43 Å². The number of amides is 2. The molecule has 0 aliphatic heterocycles. The average Bonchev–Trinajstić information content (AvgIpc) is 2.75. The summed E-state index contributed by atoms with van der Waals surface area (Å²) in [6, 6.07) is 22.9. The van der Waals surface area contributed by atoms with Gasteiger partial charge < -0.3 is 5.32 Å². The molecule has 0 unspecified atom stereocenters. The summed E-state index contributed by atoms with van der Waals surface area (Å²) < 4.78 is 0. The predicted octanol–water partition coefficient (Wildman–Crippen LogP) is 5.02. The summed E-state index contributed by atoms with van der Waals surface area (Å²) in [5, 5.41) is 7.22. The summed E-state index contributed by atoms with van der Waals surface area (Å²) >= 11 is 5.82. The van der Waals surface area contributed by atoms with Gasteiger partial charge in [-0.2, -0.15) is 5.10 Å². The fourth-order valence-electron chi connectivity index (χ4n) is 2.43. The van der Waals surface area contributed by atoms with Crippen molar-refractivity contribution < 1.29 is 9.59 Å². The number of hydrazone groups is 1. The molecule has 0 saturated heterocycles. The molecule has 3 rings (SSSR count). The van der Waals surface area contributed by atoms with Gasteiger partial charge in [0, 0.05) is 28.1 Å². The maximum atomic E-state index is 12.2. The van der Waals surface area contributed by atoms with E-state index in [0.717, 1.165) is 5.56 Å². The molecule has 5 nitrogen and oxygen atoms in total. The standard InChI is InChI=1S/C23H18ClN3O2/c24-20-12-8-18(9-13-20)22(28)26-21-14-10-19(11-15-21)23(29)27-25-16-4-7-17-5-2-1-3-6-17/h1-16H,(H,26,28)(H,27,29)/b7-4+,25-16+. The van der Waals surface area contributed by atoms with Crippen LogP contribution in [0.5, 0.6) is 0 Å². The monoisotopic (exact) mass is 403 g/mol. The van der Waals surface area contributed by atoms with E-state index in [9.17, 15) is 9.59 Å². The zero-order chi connectivity index (χ0) is 20.5. The van der Waals surface area contributed by atoms with Crippen LogP contribution in [0, 0.1) is 0 Å². The number of benzene rings is 3. The van der Waals surface area contributed by atoms with Gasteiger partial charge in [0.05, 0.1) is 0 Å². The number of carbonyl (C=O) groups excluding carboxylic acids is 2. The summed E-state index contributed by atoms with van der Waals surface area (Å²) in [6.07, 6.45) is 5.13. The van der Waals surface area contributed by atoms with Crippen molar-refractivity contribution in [3.63, 3.8) is 0 Å². The lowest BCUT2D eigenvalue weighted by molar-refractivity contribution is 0.0954. The topological polar surface area (TPSA) is 70.6 Å². The average molecular weight is 404 g/mol. The lowest BCUT2D eigenvalue weighted by Crippen LogP contribution is -2.17. The third-order valence-corrected chi connectivity index (χ3v) is 4.18. The Bertz CT molecular complexity index is 1030. The third-order valence-electron chi connectivity index (χ3n) is 3.93. The first-order valence-corrected chi connectivity index (χ1v) is 9.22. The zero-order valence-electron chi connectivity index (χ0n) is 15.4. The normalized spacial score (nSPS) is 10.9. The largest absolute Gasteiger partial charge is 0.322 e. The van der Waals surface area contributed by atoms with Crippen molar-refractivity contribution >= 4 is 41.4 Å².